The third-order valence-electron chi connectivity index (χ3n) is 6.83. The minimum Gasteiger partial charge on any atom is -0.497 e. The van der Waals surface area contributed by atoms with Gasteiger partial charge in [0.05, 0.1) is 12.7 Å². The first-order chi connectivity index (χ1) is 13.7. The number of hydrogen-bond donors (Lipinski definition) is 1. The van der Waals surface area contributed by atoms with Gasteiger partial charge < -0.3 is 14.7 Å². The lowest BCUT2D eigenvalue weighted by Gasteiger charge is -2.54. The fourth-order valence-electron chi connectivity index (χ4n) is 4.74. The zero-order valence-corrected chi connectivity index (χ0v) is 18.5. The Balaban J connectivity index is 1.84. The summed E-state index contributed by atoms with van der Waals surface area (Å²) in [5.41, 5.74) is 0.0715. The second kappa shape index (κ2) is 8.63. The van der Waals surface area contributed by atoms with Gasteiger partial charge in [-0.2, -0.15) is 0 Å². The van der Waals surface area contributed by atoms with Crippen molar-refractivity contribution in [2.45, 2.75) is 50.2 Å². The zero-order valence-electron chi connectivity index (χ0n) is 17.7. The Hall–Kier alpha value is -1.62. The molecule has 3 nitrogen and oxygen atoms in total. The van der Waals surface area contributed by atoms with E-state index in [1.165, 1.54) is 11.6 Å². The Labute approximate surface area is 178 Å². The van der Waals surface area contributed by atoms with E-state index < -0.39 is 11.1 Å². The summed E-state index contributed by atoms with van der Waals surface area (Å²) in [6, 6.07) is 12.9. The van der Waals surface area contributed by atoms with Crippen molar-refractivity contribution in [1.29, 1.82) is 0 Å². The molecule has 0 bridgehead atoms. The summed E-state index contributed by atoms with van der Waals surface area (Å²) in [5, 5.41) is 12.1. The third kappa shape index (κ3) is 4.45. The Morgan fingerprint density at radius 2 is 1.97 bits per heavy atom. The van der Waals surface area contributed by atoms with Crippen LogP contribution in [0.3, 0.4) is 0 Å². The van der Waals surface area contributed by atoms with E-state index in [0.29, 0.717) is 22.9 Å². The predicted octanol–water partition coefficient (Wildman–Crippen LogP) is 5.12. The fraction of sp³-hybridized carbons (Fsp3) is 0.500. The highest BCUT2D eigenvalue weighted by Crippen LogP contribution is 2.46. The second-order valence-electron chi connectivity index (χ2n) is 8.74. The summed E-state index contributed by atoms with van der Waals surface area (Å²) >= 11 is 6.27. The molecule has 158 valence electrons. The van der Waals surface area contributed by atoms with Crippen LogP contribution in [0.2, 0.25) is 5.02 Å². The van der Waals surface area contributed by atoms with Gasteiger partial charge in [-0.15, -0.1) is 0 Å². The van der Waals surface area contributed by atoms with Gasteiger partial charge in [-0.3, -0.25) is 0 Å². The van der Waals surface area contributed by atoms with Gasteiger partial charge in [0.1, 0.15) is 11.6 Å². The van der Waals surface area contributed by atoms with E-state index in [1.807, 2.05) is 26.2 Å². The van der Waals surface area contributed by atoms with E-state index in [1.54, 1.807) is 19.2 Å². The van der Waals surface area contributed by atoms with Crippen molar-refractivity contribution in [2.75, 3.05) is 21.2 Å². The maximum atomic E-state index is 14.4. The maximum absolute atomic E-state index is 14.4. The van der Waals surface area contributed by atoms with Crippen molar-refractivity contribution in [3.8, 4) is 5.75 Å². The Bertz CT molecular complexity index is 838. The molecule has 3 rings (SSSR count). The van der Waals surface area contributed by atoms with Crippen LogP contribution in [0.15, 0.2) is 42.5 Å². The average molecular weight is 420 g/mol. The lowest BCUT2D eigenvalue weighted by Crippen LogP contribution is -2.64. The standard InChI is InChI=1S/C24H31ClFNO2/c1-23(27(2)3)15-18(13-17-7-5-8-19(14-17)29-4)11-12-24(23,28)16-20-21(25)9-6-10-22(20)26/h5-10,14,18,28H,11-13,15-16H2,1-4H3. The highest BCUT2D eigenvalue weighted by Gasteiger charge is 2.52. The normalized spacial score (nSPS) is 27.2. The van der Waals surface area contributed by atoms with Crippen LogP contribution in [0.1, 0.15) is 37.3 Å². The first kappa shape index (κ1) is 22.1. The van der Waals surface area contributed by atoms with Crippen LogP contribution in [-0.2, 0) is 12.8 Å². The number of aliphatic hydroxyl groups is 1. The molecule has 5 heteroatoms. The Morgan fingerprint density at radius 3 is 2.62 bits per heavy atom. The Kier molecular flexibility index (Phi) is 6.57. The molecule has 0 amide bonds. The van der Waals surface area contributed by atoms with Gasteiger partial charge in [0.25, 0.3) is 0 Å². The van der Waals surface area contributed by atoms with Gasteiger partial charge >= 0.3 is 0 Å². The van der Waals surface area contributed by atoms with Gasteiger partial charge in [0.15, 0.2) is 0 Å². The molecule has 0 aliphatic heterocycles. The molecule has 1 saturated carbocycles. The Morgan fingerprint density at radius 1 is 1.24 bits per heavy atom. The first-order valence-electron chi connectivity index (χ1n) is 10.1. The van der Waals surface area contributed by atoms with Crippen molar-refractivity contribution >= 4 is 11.6 Å². The topological polar surface area (TPSA) is 32.7 Å². The molecule has 2 aromatic rings. The predicted molar refractivity (Wildman–Crippen MR) is 116 cm³/mol. The molecule has 1 fully saturated rings. The van der Waals surface area contributed by atoms with Crippen LogP contribution >= 0.6 is 11.6 Å². The molecule has 3 unspecified atom stereocenters. The molecule has 3 atom stereocenters. The molecule has 0 spiro atoms. The molecule has 0 radical (unpaired) electrons. The average Bonchev–Trinajstić information content (AvgIpc) is 2.68. The number of likely N-dealkylation sites (N-methyl/N-ethyl adjacent to an activating group) is 1. The number of methoxy groups -OCH3 is 1. The number of hydrogen-bond acceptors (Lipinski definition) is 3. The van der Waals surface area contributed by atoms with Crippen LogP contribution < -0.4 is 4.74 Å². The molecule has 0 heterocycles. The van der Waals surface area contributed by atoms with Gasteiger partial charge in [0.2, 0.25) is 0 Å². The monoisotopic (exact) mass is 419 g/mol. The van der Waals surface area contributed by atoms with E-state index in [-0.39, 0.29) is 12.2 Å². The molecule has 1 N–H and O–H groups in total. The van der Waals surface area contributed by atoms with Crippen molar-refractivity contribution in [3.63, 3.8) is 0 Å². The molecule has 0 aromatic heterocycles. The molecular weight excluding hydrogens is 389 g/mol. The lowest BCUT2D eigenvalue weighted by molar-refractivity contribution is -0.129. The van der Waals surface area contributed by atoms with Gasteiger partial charge in [-0.05, 0) is 82.4 Å². The van der Waals surface area contributed by atoms with Crippen molar-refractivity contribution in [2.24, 2.45) is 5.92 Å². The summed E-state index contributed by atoms with van der Waals surface area (Å²) in [6.45, 7) is 2.08. The van der Waals surface area contributed by atoms with Crippen molar-refractivity contribution in [3.05, 3.63) is 64.4 Å². The van der Waals surface area contributed by atoms with Crippen LogP contribution in [0.25, 0.3) is 0 Å². The SMILES string of the molecule is COc1cccc(CC2CCC(O)(Cc3c(F)cccc3Cl)C(C)(N(C)C)C2)c1. The van der Waals surface area contributed by atoms with Gasteiger partial charge in [-0.25, -0.2) is 4.39 Å². The van der Waals surface area contributed by atoms with Crippen LogP contribution in [-0.4, -0.2) is 42.4 Å². The summed E-state index contributed by atoms with van der Waals surface area (Å²) in [7, 11) is 5.65. The summed E-state index contributed by atoms with van der Waals surface area (Å²) in [4.78, 5) is 2.08. The van der Waals surface area contributed by atoms with Crippen molar-refractivity contribution < 1.29 is 14.2 Å². The van der Waals surface area contributed by atoms with Crippen LogP contribution in [0, 0.1) is 11.7 Å². The molecule has 0 saturated heterocycles. The number of ether oxygens (including phenoxy) is 1. The van der Waals surface area contributed by atoms with Crippen molar-refractivity contribution in [1.82, 2.24) is 4.90 Å². The quantitative estimate of drug-likeness (QED) is 0.704. The van der Waals surface area contributed by atoms with E-state index >= 15 is 0 Å². The number of benzene rings is 2. The first-order valence-corrected chi connectivity index (χ1v) is 10.5. The molecule has 29 heavy (non-hydrogen) atoms. The summed E-state index contributed by atoms with van der Waals surface area (Å²) in [6.07, 6.45) is 3.43. The van der Waals surface area contributed by atoms with Gasteiger partial charge in [-0.1, -0.05) is 29.8 Å². The number of rotatable bonds is 6. The summed E-state index contributed by atoms with van der Waals surface area (Å²) in [5.74, 6) is 0.927. The largest absolute Gasteiger partial charge is 0.497 e. The van der Waals surface area contributed by atoms with Crippen LogP contribution in [0.5, 0.6) is 5.75 Å². The smallest absolute Gasteiger partial charge is 0.127 e. The van der Waals surface area contributed by atoms with E-state index in [4.69, 9.17) is 16.3 Å². The highest BCUT2D eigenvalue weighted by molar-refractivity contribution is 6.31. The number of nitrogens with zero attached hydrogens (tertiary/aromatic N) is 1. The third-order valence-corrected chi connectivity index (χ3v) is 7.19. The van der Waals surface area contributed by atoms with E-state index in [2.05, 4.69) is 24.0 Å². The van der Waals surface area contributed by atoms with E-state index in [9.17, 15) is 9.50 Å². The lowest BCUT2D eigenvalue weighted by atomic mass is 9.62. The highest BCUT2D eigenvalue weighted by atomic mass is 35.5. The van der Waals surface area contributed by atoms with E-state index in [0.717, 1.165) is 25.0 Å². The fourth-order valence-corrected chi connectivity index (χ4v) is 4.97. The minimum absolute atomic E-state index is 0.207. The maximum Gasteiger partial charge on any atom is 0.127 e. The van der Waals surface area contributed by atoms with Crippen LogP contribution in [0.4, 0.5) is 4.39 Å². The molecule has 1 aliphatic carbocycles. The summed E-state index contributed by atoms with van der Waals surface area (Å²) < 4.78 is 19.8. The zero-order chi connectivity index (χ0) is 21.2. The molecule has 2 aromatic carbocycles. The molecular formula is C24H31ClFNO2. The minimum atomic E-state index is -1.06. The van der Waals surface area contributed by atoms with Gasteiger partial charge in [0, 0.05) is 22.5 Å². The second-order valence-corrected chi connectivity index (χ2v) is 9.15. The number of halogens is 2. The molecule has 1 aliphatic rings.